The van der Waals surface area contributed by atoms with Crippen molar-refractivity contribution in [2.45, 2.75) is 40.2 Å². The molecule has 1 atom stereocenters. The highest BCUT2D eigenvalue weighted by atomic mass is 32.1. The molecule has 1 aromatic heterocycles. The Morgan fingerprint density at radius 3 is 2.73 bits per heavy atom. The highest BCUT2D eigenvalue weighted by Crippen LogP contribution is 2.26. The Balaban J connectivity index is 2.93. The van der Waals surface area contributed by atoms with Crippen molar-refractivity contribution in [1.82, 2.24) is 5.32 Å². The first kappa shape index (κ1) is 12.5. The van der Waals surface area contributed by atoms with Crippen molar-refractivity contribution in [1.29, 1.82) is 0 Å². The quantitative estimate of drug-likeness (QED) is 0.746. The third-order valence-corrected chi connectivity index (χ3v) is 3.41. The van der Waals surface area contributed by atoms with Crippen molar-refractivity contribution in [3.05, 3.63) is 33.5 Å². The van der Waals surface area contributed by atoms with Gasteiger partial charge in [0.15, 0.2) is 0 Å². The Bertz CT molecular complexity index is 321. The van der Waals surface area contributed by atoms with Crippen LogP contribution in [0.4, 0.5) is 0 Å². The van der Waals surface area contributed by atoms with Crippen LogP contribution in [0.3, 0.4) is 0 Å². The van der Waals surface area contributed by atoms with Gasteiger partial charge in [-0.25, -0.2) is 0 Å². The lowest BCUT2D eigenvalue weighted by Crippen LogP contribution is -2.19. The van der Waals surface area contributed by atoms with Gasteiger partial charge in [-0.2, -0.15) is 0 Å². The summed E-state index contributed by atoms with van der Waals surface area (Å²) in [6.45, 7) is 9.70. The van der Waals surface area contributed by atoms with Crippen LogP contribution in [0, 0.1) is 0 Å². The van der Waals surface area contributed by atoms with Gasteiger partial charge in [-0.3, -0.25) is 0 Å². The summed E-state index contributed by atoms with van der Waals surface area (Å²) in [7, 11) is 0. The zero-order chi connectivity index (χ0) is 11.3. The highest BCUT2D eigenvalue weighted by molar-refractivity contribution is 7.10. The van der Waals surface area contributed by atoms with E-state index in [9.17, 15) is 0 Å². The van der Waals surface area contributed by atoms with Gasteiger partial charge in [0.2, 0.25) is 0 Å². The fourth-order valence-corrected chi connectivity index (χ4v) is 2.73. The van der Waals surface area contributed by atoms with E-state index in [1.807, 2.05) is 11.3 Å². The molecule has 0 bridgehead atoms. The molecule has 1 N–H and O–H groups in total. The topological polar surface area (TPSA) is 12.0 Å². The summed E-state index contributed by atoms with van der Waals surface area (Å²) in [4.78, 5) is 1.47. The van der Waals surface area contributed by atoms with E-state index in [-0.39, 0.29) is 0 Å². The first-order valence-corrected chi connectivity index (χ1v) is 6.51. The van der Waals surface area contributed by atoms with Gasteiger partial charge in [-0.1, -0.05) is 25.5 Å². The van der Waals surface area contributed by atoms with Gasteiger partial charge >= 0.3 is 0 Å². The summed E-state index contributed by atoms with van der Waals surface area (Å²) in [5.41, 5.74) is 2.85. The molecule has 84 valence electrons. The van der Waals surface area contributed by atoms with Gasteiger partial charge in [0.05, 0.1) is 6.04 Å². The molecule has 0 fully saturated rings. The van der Waals surface area contributed by atoms with Crippen molar-refractivity contribution in [2.75, 3.05) is 6.54 Å². The summed E-state index contributed by atoms with van der Waals surface area (Å²) in [6, 6.07) is 2.64. The zero-order valence-electron chi connectivity index (χ0n) is 10.1. The summed E-state index contributed by atoms with van der Waals surface area (Å²) >= 11 is 1.86. The maximum Gasteiger partial charge on any atom is 0.0605 e. The smallest absolute Gasteiger partial charge is 0.0605 e. The monoisotopic (exact) mass is 223 g/mol. The van der Waals surface area contributed by atoms with E-state index >= 15 is 0 Å². The molecule has 0 aliphatic carbocycles. The molecule has 1 unspecified atom stereocenters. The van der Waals surface area contributed by atoms with Crippen LogP contribution in [0.1, 0.15) is 44.2 Å². The zero-order valence-corrected chi connectivity index (χ0v) is 10.9. The van der Waals surface area contributed by atoms with Crippen molar-refractivity contribution >= 4 is 11.3 Å². The third-order valence-electron chi connectivity index (χ3n) is 2.37. The standard InChI is InChI=1S/C13H21NS/c1-5-11-7-8-15-13(11)12(14-6-2)9-10(3)4/h7-9,12,14H,5-6H2,1-4H3. The van der Waals surface area contributed by atoms with Gasteiger partial charge in [0, 0.05) is 4.88 Å². The average molecular weight is 223 g/mol. The molecule has 0 aliphatic rings. The normalized spacial score (nSPS) is 12.5. The maximum absolute atomic E-state index is 3.53. The molecule has 1 nitrogen and oxygen atoms in total. The van der Waals surface area contributed by atoms with Crippen LogP contribution in [0.15, 0.2) is 23.1 Å². The van der Waals surface area contributed by atoms with Crippen molar-refractivity contribution in [3.63, 3.8) is 0 Å². The van der Waals surface area contributed by atoms with Crippen LogP contribution in [-0.2, 0) is 6.42 Å². The van der Waals surface area contributed by atoms with E-state index < -0.39 is 0 Å². The molecule has 1 rings (SSSR count). The number of hydrogen-bond donors (Lipinski definition) is 1. The van der Waals surface area contributed by atoms with Crippen LogP contribution < -0.4 is 5.32 Å². The lowest BCUT2D eigenvalue weighted by Gasteiger charge is -2.15. The molecule has 2 heteroatoms. The van der Waals surface area contributed by atoms with E-state index in [2.05, 4.69) is 50.5 Å². The third kappa shape index (κ3) is 3.47. The number of nitrogens with one attached hydrogen (secondary N) is 1. The highest BCUT2D eigenvalue weighted by Gasteiger charge is 2.12. The Labute approximate surface area is 97.2 Å². The van der Waals surface area contributed by atoms with E-state index in [4.69, 9.17) is 0 Å². The first-order chi connectivity index (χ1) is 7.19. The Hall–Kier alpha value is -0.600. The Morgan fingerprint density at radius 1 is 1.47 bits per heavy atom. The minimum Gasteiger partial charge on any atom is -0.306 e. The van der Waals surface area contributed by atoms with E-state index in [1.165, 1.54) is 16.0 Å². The molecular weight excluding hydrogens is 202 g/mol. The van der Waals surface area contributed by atoms with E-state index in [1.54, 1.807) is 0 Å². The molecular formula is C13H21NS. The van der Waals surface area contributed by atoms with Gasteiger partial charge in [0.25, 0.3) is 0 Å². The molecule has 15 heavy (non-hydrogen) atoms. The lowest BCUT2D eigenvalue weighted by molar-refractivity contribution is 0.649. The predicted molar refractivity (Wildman–Crippen MR) is 69.5 cm³/mol. The fraction of sp³-hybridized carbons (Fsp3) is 0.538. The molecule has 0 amide bonds. The summed E-state index contributed by atoms with van der Waals surface area (Å²) in [5.74, 6) is 0. The molecule has 0 aromatic carbocycles. The summed E-state index contributed by atoms with van der Waals surface area (Å²) in [5, 5.41) is 5.72. The largest absolute Gasteiger partial charge is 0.306 e. The number of rotatable bonds is 5. The number of allylic oxidation sites excluding steroid dienone is 1. The molecule has 0 aliphatic heterocycles. The Morgan fingerprint density at radius 2 is 2.20 bits per heavy atom. The molecule has 0 saturated heterocycles. The fourth-order valence-electron chi connectivity index (χ4n) is 1.69. The van der Waals surface area contributed by atoms with Crippen LogP contribution in [0.25, 0.3) is 0 Å². The van der Waals surface area contributed by atoms with Crippen LogP contribution in [-0.4, -0.2) is 6.54 Å². The maximum atomic E-state index is 3.53. The second-order valence-corrected chi connectivity index (χ2v) is 4.89. The second-order valence-electron chi connectivity index (χ2n) is 3.94. The van der Waals surface area contributed by atoms with Gasteiger partial charge < -0.3 is 5.32 Å². The number of likely N-dealkylation sites (N-methyl/N-ethyl adjacent to an activating group) is 1. The number of aryl methyl sites for hydroxylation is 1. The van der Waals surface area contributed by atoms with Gasteiger partial charge in [0.1, 0.15) is 0 Å². The van der Waals surface area contributed by atoms with Gasteiger partial charge in [-0.15, -0.1) is 11.3 Å². The van der Waals surface area contributed by atoms with Crippen LogP contribution >= 0.6 is 11.3 Å². The van der Waals surface area contributed by atoms with Crippen molar-refractivity contribution in [3.8, 4) is 0 Å². The first-order valence-electron chi connectivity index (χ1n) is 5.63. The SMILES string of the molecule is CCNC(C=C(C)C)c1sccc1CC. The minimum atomic E-state index is 0.398. The minimum absolute atomic E-state index is 0.398. The molecule has 0 spiro atoms. The van der Waals surface area contributed by atoms with Gasteiger partial charge in [-0.05, 0) is 43.8 Å². The van der Waals surface area contributed by atoms with Crippen LogP contribution in [0.2, 0.25) is 0 Å². The number of hydrogen-bond acceptors (Lipinski definition) is 2. The Kier molecular flexibility index (Phi) is 5.06. The van der Waals surface area contributed by atoms with Crippen molar-refractivity contribution < 1.29 is 0 Å². The molecule has 0 radical (unpaired) electrons. The average Bonchev–Trinajstić information content (AvgIpc) is 2.64. The molecule has 1 heterocycles. The van der Waals surface area contributed by atoms with Crippen molar-refractivity contribution in [2.24, 2.45) is 0 Å². The predicted octanol–water partition coefficient (Wildman–Crippen LogP) is 3.93. The van der Waals surface area contributed by atoms with Crippen LogP contribution in [0.5, 0.6) is 0 Å². The second kappa shape index (κ2) is 6.09. The lowest BCUT2D eigenvalue weighted by atomic mass is 10.1. The molecule has 1 aromatic rings. The summed E-state index contributed by atoms with van der Waals surface area (Å²) in [6.07, 6.45) is 3.44. The number of thiophene rings is 1. The summed E-state index contributed by atoms with van der Waals surface area (Å²) < 4.78 is 0. The van der Waals surface area contributed by atoms with E-state index in [0.29, 0.717) is 6.04 Å². The van der Waals surface area contributed by atoms with E-state index in [0.717, 1.165) is 13.0 Å². The molecule has 0 saturated carbocycles.